The fourth-order valence-corrected chi connectivity index (χ4v) is 2.67. The van der Waals surface area contributed by atoms with E-state index in [1.165, 1.54) is 0 Å². The van der Waals surface area contributed by atoms with Crippen LogP contribution in [0, 0.1) is 5.92 Å². The lowest BCUT2D eigenvalue weighted by molar-refractivity contribution is -0.121. The SMILES string of the molecule is Cn1cc(C2CNCC2C(N)=O)c(C(C)(C)C)n1. The molecule has 1 amide bonds. The first kappa shape index (κ1) is 13.1. The van der Waals surface area contributed by atoms with E-state index in [-0.39, 0.29) is 23.2 Å². The number of carbonyl (C=O) groups excluding carboxylic acids is 1. The van der Waals surface area contributed by atoms with Crippen molar-refractivity contribution >= 4 is 5.91 Å². The van der Waals surface area contributed by atoms with Gasteiger partial charge in [-0.25, -0.2) is 0 Å². The van der Waals surface area contributed by atoms with Gasteiger partial charge in [0.1, 0.15) is 0 Å². The Morgan fingerprint density at radius 2 is 2.17 bits per heavy atom. The van der Waals surface area contributed by atoms with E-state index in [0.717, 1.165) is 17.8 Å². The molecule has 3 N–H and O–H groups in total. The smallest absolute Gasteiger partial charge is 0.222 e. The first-order valence-electron chi connectivity index (χ1n) is 6.34. The number of aryl methyl sites for hydroxylation is 1. The minimum Gasteiger partial charge on any atom is -0.369 e. The lowest BCUT2D eigenvalue weighted by Crippen LogP contribution is -2.29. The summed E-state index contributed by atoms with van der Waals surface area (Å²) in [5.41, 5.74) is 7.67. The van der Waals surface area contributed by atoms with Gasteiger partial charge in [-0.15, -0.1) is 0 Å². The Bertz CT molecular complexity index is 458. The molecular weight excluding hydrogens is 228 g/mol. The summed E-state index contributed by atoms with van der Waals surface area (Å²) in [6.45, 7) is 7.88. The van der Waals surface area contributed by atoms with Gasteiger partial charge in [-0.05, 0) is 5.56 Å². The number of hydrogen-bond donors (Lipinski definition) is 2. The lowest BCUT2D eigenvalue weighted by Gasteiger charge is -2.22. The van der Waals surface area contributed by atoms with Crippen LogP contribution in [0.3, 0.4) is 0 Å². The molecule has 18 heavy (non-hydrogen) atoms. The van der Waals surface area contributed by atoms with Gasteiger partial charge >= 0.3 is 0 Å². The summed E-state index contributed by atoms with van der Waals surface area (Å²) >= 11 is 0. The van der Waals surface area contributed by atoms with Crippen molar-refractivity contribution in [1.29, 1.82) is 0 Å². The Labute approximate surface area is 108 Å². The predicted octanol–water partition coefficient (Wildman–Crippen LogP) is 0.506. The zero-order valence-electron chi connectivity index (χ0n) is 11.5. The second kappa shape index (κ2) is 4.39. The average Bonchev–Trinajstić information content (AvgIpc) is 2.80. The Morgan fingerprint density at radius 3 is 2.72 bits per heavy atom. The van der Waals surface area contributed by atoms with E-state index < -0.39 is 0 Å². The molecule has 0 aromatic carbocycles. The van der Waals surface area contributed by atoms with Crippen molar-refractivity contribution in [3.05, 3.63) is 17.5 Å². The average molecular weight is 250 g/mol. The molecule has 2 atom stereocenters. The molecule has 1 aliphatic rings. The maximum atomic E-state index is 11.5. The van der Waals surface area contributed by atoms with Crippen LogP contribution in [0.25, 0.3) is 0 Å². The van der Waals surface area contributed by atoms with Crippen LogP contribution in [0.1, 0.15) is 37.9 Å². The summed E-state index contributed by atoms with van der Waals surface area (Å²) < 4.78 is 1.83. The number of nitrogens with two attached hydrogens (primary N) is 1. The predicted molar refractivity (Wildman–Crippen MR) is 70.2 cm³/mol. The van der Waals surface area contributed by atoms with Gasteiger partial charge in [0, 0.05) is 37.7 Å². The van der Waals surface area contributed by atoms with E-state index in [1.807, 2.05) is 17.9 Å². The number of carbonyl (C=O) groups is 1. The van der Waals surface area contributed by atoms with Crippen molar-refractivity contribution in [3.63, 3.8) is 0 Å². The Kier molecular flexibility index (Phi) is 3.19. The highest BCUT2D eigenvalue weighted by Gasteiger charge is 2.37. The van der Waals surface area contributed by atoms with Crippen LogP contribution in [0.15, 0.2) is 6.20 Å². The highest BCUT2D eigenvalue weighted by Crippen LogP contribution is 2.34. The third-order valence-corrected chi connectivity index (χ3v) is 3.55. The number of nitrogens with zero attached hydrogens (tertiary/aromatic N) is 2. The van der Waals surface area contributed by atoms with E-state index >= 15 is 0 Å². The molecule has 0 saturated carbocycles. The zero-order valence-corrected chi connectivity index (χ0v) is 11.5. The van der Waals surface area contributed by atoms with Gasteiger partial charge in [-0.3, -0.25) is 9.48 Å². The van der Waals surface area contributed by atoms with Gasteiger partial charge < -0.3 is 11.1 Å². The molecule has 1 aliphatic heterocycles. The van der Waals surface area contributed by atoms with Gasteiger partial charge in [0.05, 0.1) is 11.6 Å². The van der Waals surface area contributed by atoms with Crippen LogP contribution in [0.4, 0.5) is 0 Å². The monoisotopic (exact) mass is 250 g/mol. The molecule has 1 aromatic heterocycles. The lowest BCUT2D eigenvalue weighted by atomic mass is 9.81. The molecule has 0 spiro atoms. The normalized spacial score (nSPS) is 24.4. The van der Waals surface area contributed by atoms with Crippen LogP contribution < -0.4 is 11.1 Å². The van der Waals surface area contributed by atoms with Crippen LogP contribution >= 0.6 is 0 Å². The van der Waals surface area contributed by atoms with E-state index in [4.69, 9.17) is 5.73 Å². The van der Waals surface area contributed by atoms with E-state index in [1.54, 1.807) is 0 Å². The molecule has 0 aliphatic carbocycles. The molecule has 1 saturated heterocycles. The summed E-state index contributed by atoms with van der Waals surface area (Å²) in [4.78, 5) is 11.5. The van der Waals surface area contributed by atoms with E-state index in [9.17, 15) is 4.79 Å². The molecule has 2 unspecified atom stereocenters. The van der Waals surface area contributed by atoms with Crippen molar-refractivity contribution in [2.75, 3.05) is 13.1 Å². The number of aromatic nitrogens is 2. The maximum Gasteiger partial charge on any atom is 0.222 e. The third kappa shape index (κ3) is 2.27. The molecule has 5 nitrogen and oxygen atoms in total. The highest BCUT2D eigenvalue weighted by atomic mass is 16.1. The second-order valence-corrected chi connectivity index (χ2v) is 6.13. The fraction of sp³-hybridized carbons (Fsp3) is 0.692. The maximum absolute atomic E-state index is 11.5. The second-order valence-electron chi connectivity index (χ2n) is 6.13. The molecule has 0 radical (unpaired) electrons. The topological polar surface area (TPSA) is 72.9 Å². The summed E-state index contributed by atoms with van der Waals surface area (Å²) in [5.74, 6) is -0.213. The van der Waals surface area contributed by atoms with Crippen LogP contribution in [-0.2, 0) is 17.3 Å². The standard InChI is InChI=1S/C13H22N4O/c1-13(2,3)11-10(7-17(4)16-11)8-5-15-6-9(8)12(14)18/h7-9,15H,5-6H2,1-4H3,(H2,14,18). The van der Waals surface area contributed by atoms with Crippen molar-refractivity contribution in [1.82, 2.24) is 15.1 Å². The quantitative estimate of drug-likeness (QED) is 0.803. The van der Waals surface area contributed by atoms with Crippen LogP contribution in [0.2, 0.25) is 0 Å². The number of rotatable bonds is 2. The molecular formula is C13H22N4O. The molecule has 0 bridgehead atoms. The first-order valence-corrected chi connectivity index (χ1v) is 6.34. The van der Waals surface area contributed by atoms with Crippen LogP contribution in [0.5, 0.6) is 0 Å². The number of hydrogen-bond acceptors (Lipinski definition) is 3. The van der Waals surface area contributed by atoms with Gasteiger partial charge in [0.15, 0.2) is 0 Å². The fourth-order valence-electron chi connectivity index (χ4n) is 2.67. The van der Waals surface area contributed by atoms with E-state index in [2.05, 4.69) is 31.2 Å². The number of nitrogens with one attached hydrogen (secondary N) is 1. The Balaban J connectivity index is 2.41. The number of primary amides is 1. The van der Waals surface area contributed by atoms with Crippen molar-refractivity contribution in [2.45, 2.75) is 32.1 Å². The van der Waals surface area contributed by atoms with Gasteiger partial charge in [-0.1, -0.05) is 20.8 Å². The Hall–Kier alpha value is -1.36. The van der Waals surface area contributed by atoms with E-state index in [0.29, 0.717) is 6.54 Å². The number of amides is 1. The Morgan fingerprint density at radius 1 is 1.50 bits per heavy atom. The summed E-state index contributed by atoms with van der Waals surface area (Å²) in [6, 6.07) is 0. The minimum atomic E-state index is -0.228. The molecule has 5 heteroatoms. The van der Waals surface area contributed by atoms with Gasteiger partial charge in [-0.2, -0.15) is 5.10 Å². The molecule has 100 valence electrons. The molecule has 1 fully saturated rings. The summed E-state index contributed by atoms with van der Waals surface area (Å²) in [6.07, 6.45) is 2.02. The van der Waals surface area contributed by atoms with Crippen molar-refractivity contribution in [3.8, 4) is 0 Å². The van der Waals surface area contributed by atoms with Crippen molar-refractivity contribution < 1.29 is 4.79 Å². The van der Waals surface area contributed by atoms with Crippen LogP contribution in [-0.4, -0.2) is 28.8 Å². The largest absolute Gasteiger partial charge is 0.369 e. The third-order valence-electron chi connectivity index (χ3n) is 3.55. The van der Waals surface area contributed by atoms with Crippen molar-refractivity contribution in [2.24, 2.45) is 18.7 Å². The van der Waals surface area contributed by atoms with Gasteiger partial charge in [0.25, 0.3) is 0 Å². The zero-order chi connectivity index (χ0) is 13.5. The summed E-state index contributed by atoms with van der Waals surface area (Å²) in [7, 11) is 1.92. The summed E-state index contributed by atoms with van der Waals surface area (Å²) in [5, 5.41) is 7.81. The first-order chi connectivity index (χ1) is 8.30. The minimum absolute atomic E-state index is 0.0264. The molecule has 2 rings (SSSR count). The molecule has 1 aromatic rings. The van der Waals surface area contributed by atoms with Gasteiger partial charge in [0.2, 0.25) is 5.91 Å². The highest BCUT2D eigenvalue weighted by molar-refractivity contribution is 5.78. The molecule has 2 heterocycles.